The Labute approximate surface area is 126 Å². The third-order valence-electron chi connectivity index (χ3n) is 4.18. The average molecular weight is 284 g/mol. The Balaban J connectivity index is 1.71. The number of nitrogens with one attached hydrogen (secondary N) is 1. The first-order valence-corrected chi connectivity index (χ1v) is 7.87. The van der Waals surface area contributed by atoms with Crippen molar-refractivity contribution in [3.63, 3.8) is 0 Å². The number of H-pyrrole nitrogens is 1. The van der Waals surface area contributed by atoms with Gasteiger partial charge in [-0.25, -0.2) is 9.97 Å². The van der Waals surface area contributed by atoms with Gasteiger partial charge in [0.2, 0.25) is 0 Å². The van der Waals surface area contributed by atoms with Gasteiger partial charge in [0, 0.05) is 61.3 Å². The molecule has 3 heterocycles. The van der Waals surface area contributed by atoms with Crippen molar-refractivity contribution in [3.05, 3.63) is 46.3 Å². The zero-order valence-electron chi connectivity index (χ0n) is 13.2. The molecule has 0 amide bonds. The van der Waals surface area contributed by atoms with Gasteiger partial charge in [0.25, 0.3) is 0 Å². The molecule has 0 spiro atoms. The van der Waals surface area contributed by atoms with E-state index in [-0.39, 0.29) is 0 Å². The molecule has 0 aromatic carbocycles. The van der Waals surface area contributed by atoms with Gasteiger partial charge in [-0.2, -0.15) is 0 Å². The summed E-state index contributed by atoms with van der Waals surface area (Å²) in [5, 5.41) is 0. The summed E-state index contributed by atoms with van der Waals surface area (Å²) in [5.74, 6) is 1.00. The summed E-state index contributed by atoms with van der Waals surface area (Å²) in [5.41, 5.74) is 6.48. The van der Waals surface area contributed by atoms with Crippen molar-refractivity contribution in [1.29, 1.82) is 0 Å². The summed E-state index contributed by atoms with van der Waals surface area (Å²) < 4.78 is 0. The standard InChI is InChI=1S/C17H24N4/c1-4-5-17-18-9-14-10-21(7-6-15(14)20-17)11-16-12(2)8-13(3)19-16/h8-9,19H,4-7,10-11H2,1-3H3. The third-order valence-corrected chi connectivity index (χ3v) is 4.18. The Kier molecular flexibility index (Phi) is 4.06. The summed E-state index contributed by atoms with van der Waals surface area (Å²) in [7, 11) is 0. The zero-order valence-corrected chi connectivity index (χ0v) is 13.2. The first-order valence-electron chi connectivity index (χ1n) is 7.87. The van der Waals surface area contributed by atoms with E-state index >= 15 is 0 Å². The minimum absolute atomic E-state index is 0.958. The van der Waals surface area contributed by atoms with Crippen LogP contribution in [-0.2, 0) is 25.9 Å². The van der Waals surface area contributed by atoms with Gasteiger partial charge in [-0.15, -0.1) is 0 Å². The molecule has 0 atom stereocenters. The Hall–Kier alpha value is -1.68. The molecule has 0 fully saturated rings. The second-order valence-corrected chi connectivity index (χ2v) is 6.08. The molecule has 1 aliphatic heterocycles. The van der Waals surface area contributed by atoms with E-state index in [4.69, 9.17) is 4.98 Å². The van der Waals surface area contributed by atoms with Crippen molar-refractivity contribution >= 4 is 0 Å². The number of nitrogens with zero attached hydrogens (tertiary/aromatic N) is 3. The van der Waals surface area contributed by atoms with E-state index in [1.165, 1.54) is 28.2 Å². The summed E-state index contributed by atoms with van der Waals surface area (Å²) in [4.78, 5) is 15.2. The molecular weight excluding hydrogens is 260 g/mol. The minimum Gasteiger partial charge on any atom is -0.361 e. The zero-order chi connectivity index (χ0) is 14.8. The van der Waals surface area contributed by atoms with E-state index in [0.29, 0.717) is 0 Å². The van der Waals surface area contributed by atoms with Crippen LogP contribution in [0.5, 0.6) is 0 Å². The molecule has 2 aromatic rings. The maximum Gasteiger partial charge on any atom is 0.128 e. The molecule has 0 saturated heterocycles. The lowest BCUT2D eigenvalue weighted by Gasteiger charge is -2.28. The van der Waals surface area contributed by atoms with Crippen LogP contribution in [0.25, 0.3) is 0 Å². The second-order valence-electron chi connectivity index (χ2n) is 6.08. The van der Waals surface area contributed by atoms with Crippen LogP contribution >= 0.6 is 0 Å². The molecule has 1 aliphatic rings. The molecule has 4 nitrogen and oxygen atoms in total. The quantitative estimate of drug-likeness (QED) is 0.939. The summed E-state index contributed by atoms with van der Waals surface area (Å²) in [6, 6.07) is 2.22. The van der Waals surface area contributed by atoms with Crippen molar-refractivity contribution in [2.45, 2.75) is 53.1 Å². The van der Waals surface area contributed by atoms with E-state index in [2.05, 4.69) is 41.7 Å². The number of aryl methyl sites for hydroxylation is 3. The number of rotatable bonds is 4. The molecule has 0 radical (unpaired) electrons. The molecule has 2 aromatic heterocycles. The van der Waals surface area contributed by atoms with Crippen LogP contribution in [0, 0.1) is 13.8 Å². The lowest BCUT2D eigenvalue weighted by Crippen LogP contribution is -2.31. The highest BCUT2D eigenvalue weighted by molar-refractivity contribution is 5.25. The van der Waals surface area contributed by atoms with Crippen molar-refractivity contribution in [2.75, 3.05) is 6.54 Å². The average Bonchev–Trinajstić information content (AvgIpc) is 2.77. The lowest BCUT2D eigenvalue weighted by molar-refractivity contribution is 0.239. The van der Waals surface area contributed by atoms with E-state index < -0.39 is 0 Å². The normalized spacial score (nSPS) is 15.2. The van der Waals surface area contributed by atoms with Crippen molar-refractivity contribution in [2.24, 2.45) is 0 Å². The first kappa shape index (κ1) is 14.3. The van der Waals surface area contributed by atoms with Crippen LogP contribution in [0.2, 0.25) is 0 Å². The van der Waals surface area contributed by atoms with Crippen molar-refractivity contribution < 1.29 is 0 Å². The fraction of sp³-hybridized carbons (Fsp3) is 0.529. The van der Waals surface area contributed by atoms with Gasteiger partial charge in [0.15, 0.2) is 0 Å². The van der Waals surface area contributed by atoms with Crippen LogP contribution in [0.1, 0.15) is 47.4 Å². The molecular formula is C17H24N4. The molecule has 3 rings (SSSR count). The summed E-state index contributed by atoms with van der Waals surface area (Å²) >= 11 is 0. The highest BCUT2D eigenvalue weighted by atomic mass is 15.1. The van der Waals surface area contributed by atoms with Gasteiger partial charge >= 0.3 is 0 Å². The number of aromatic amines is 1. The fourth-order valence-corrected chi connectivity index (χ4v) is 3.07. The van der Waals surface area contributed by atoms with Crippen LogP contribution in [0.4, 0.5) is 0 Å². The highest BCUT2D eigenvalue weighted by Crippen LogP contribution is 2.20. The maximum atomic E-state index is 4.72. The van der Waals surface area contributed by atoms with Gasteiger partial charge < -0.3 is 4.98 Å². The van der Waals surface area contributed by atoms with Gasteiger partial charge in [-0.1, -0.05) is 6.92 Å². The Morgan fingerprint density at radius 2 is 2.19 bits per heavy atom. The Morgan fingerprint density at radius 3 is 2.90 bits per heavy atom. The second kappa shape index (κ2) is 5.98. The highest BCUT2D eigenvalue weighted by Gasteiger charge is 2.19. The lowest BCUT2D eigenvalue weighted by atomic mass is 10.1. The van der Waals surface area contributed by atoms with Crippen LogP contribution in [-0.4, -0.2) is 26.4 Å². The molecule has 112 valence electrons. The smallest absolute Gasteiger partial charge is 0.128 e. The monoisotopic (exact) mass is 284 g/mol. The molecule has 4 heteroatoms. The van der Waals surface area contributed by atoms with E-state index in [0.717, 1.165) is 44.7 Å². The van der Waals surface area contributed by atoms with Gasteiger partial charge in [0.05, 0.1) is 0 Å². The minimum atomic E-state index is 0.958. The molecule has 0 aliphatic carbocycles. The number of hydrogen-bond donors (Lipinski definition) is 1. The number of hydrogen-bond acceptors (Lipinski definition) is 3. The largest absolute Gasteiger partial charge is 0.361 e. The van der Waals surface area contributed by atoms with Crippen LogP contribution in [0.3, 0.4) is 0 Å². The Morgan fingerprint density at radius 1 is 1.33 bits per heavy atom. The van der Waals surface area contributed by atoms with Crippen molar-refractivity contribution in [1.82, 2.24) is 19.9 Å². The van der Waals surface area contributed by atoms with E-state index in [1.807, 2.05) is 6.20 Å². The SMILES string of the molecule is CCCc1ncc2c(n1)CCN(Cc1[nH]c(C)cc1C)C2. The fourth-order valence-electron chi connectivity index (χ4n) is 3.07. The number of fused-ring (bicyclic) bond motifs is 1. The molecule has 0 saturated carbocycles. The topological polar surface area (TPSA) is 44.8 Å². The predicted octanol–water partition coefficient (Wildman–Crippen LogP) is 2.93. The van der Waals surface area contributed by atoms with E-state index in [9.17, 15) is 0 Å². The van der Waals surface area contributed by atoms with Crippen LogP contribution < -0.4 is 0 Å². The molecule has 21 heavy (non-hydrogen) atoms. The number of aromatic nitrogens is 3. The summed E-state index contributed by atoms with van der Waals surface area (Å²) in [6.07, 6.45) is 5.16. The molecule has 0 bridgehead atoms. The summed E-state index contributed by atoms with van der Waals surface area (Å²) in [6.45, 7) is 9.48. The van der Waals surface area contributed by atoms with Gasteiger partial charge in [0.1, 0.15) is 5.82 Å². The molecule has 1 N–H and O–H groups in total. The first-order chi connectivity index (χ1) is 10.2. The van der Waals surface area contributed by atoms with E-state index in [1.54, 1.807) is 0 Å². The van der Waals surface area contributed by atoms with Crippen LogP contribution in [0.15, 0.2) is 12.3 Å². The third kappa shape index (κ3) is 3.16. The molecule has 0 unspecified atom stereocenters. The maximum absolute atomic E-state index is 4.72. The van der Waals surface area contributed by atoms with Crippen molar-refractivity contribution in [3.8, 4) is 0 Å². The predicted molar refractivity (Wildman–Crippen MR) is 84.1 cm³/mol. The Bertz CT molecular complexity index is 630. The van der Waals surface area contributed by atoms with Gasteiger partial charge in [-0.3, -0.25) is 4.90 Å². The van der Waals surface area contributed by atoms with Gasteiger partial charge in [-0.05, 0) is 31.9 Å².